The molecular weight excluding hydrogens is 470 g/mol. The lowest BCUT2D eigenvalue weighted by Crippen LogP contribution is -2.39. The monoisotopic (exact) mass is 495 g/mol. The lowest BCUT2D eigenvalue weighted by Gasteiger charge is -2.42. The largest absolute Gasteiger partial charge is 0.507 e. The van der Waals surface area contributed by atoms with E-state index in [1.54, 1.807) is 19.1 Å². The van der Waals surface area contributed by atoms with Gasteiger partial charge in [-0.1, -0.05) is 48.0 Å². The summed E-state index contributed by atoms with van der Waals surface area (Å²) in [4.78, 5) is 51.6. The van der Waals surface area contributed by atoms with E-state index in [4.69, 9.17) is 4.74 Å². The maximum absolute atomic E-state index is 13.4. The minimum atomic E-state index is -0.693. The molecule has 0 spiro atoms. The van der Waals surface area contributed by atoms with Crippen LogP contribution in [-0.2, 0) is 25.8 Å². The fourth-order valence-electron chi connectivity index (χ4n) is 6.23. The molecule has 37 heavy (non-hydrogen) atoms. The van der Waals surface area contributed by atoms with Crippen LogP contribution in [0, 0.1) is 17.8 Å². The van der Waals surface area contributed by atoms with Gasteiger partial charge in [-0.2, -0.15) is 0 Å². The number of Topliss-reactive ketones (excluding diaryl/α,β-unsaturated/α-hetero) is 1. The molecule has 4 aliphatic rings. The number of nitrogens with one attached hydrogen (secondary N) is 1. The van der Waals surface area contributed by atoms with Gasteiger partial charge in [0.05, 0.1) is 11.8 Å². The van der Waals surface area contributed by atoms with Crippen molar-refractivity contribution in [3.05, 3.63) is 94.1 Å². The lowest BCUT2D eigenvalue weighted by molar-refractivity contribution is -0.126. The number of ether oxygens (including phenoxy) is 1. The van der Waals surface area contributed by atoms with E-state index < -0.39 is 23.7 Å². The number of fused-ring (bicyclic) bond motifs is 3. The normalized spacial score (nSPS) is 26.6. The molecule has 2 amide bonds. The van der Waals surface area contributed by atoms with Crippen molar-refractivity contribution in [2.24, 2.45) is 17.8 Å². The topological polar surface area (TPSA) is 110 Å². The first-order valence-electron chi connectivity index (χ1n) is 12.4. The van der Waals surface area contributed by atoms with Crippen LogP contribution in [0.2, 0.25) is 0 Å². The van der Waals surface area contributed by atoms with E-state index in [2.05, 4.69) is 5.32 Å². The third kappa shape index (κ3) is 3.73. The van der Waals surface area contributed by atoms with Crippen LogP contribution in [0.5, 0.6) is 11.5 Å². The molecule has 6 rings (SSSR count). The molecule has 186 valence electrons. The molecule has 0 radical (unpaired) electrons. The second-order valence-electron chi connectivity index (χ2n) is 10.1. The minimum Gasteiger partial charge on any atom is -0.507 e. The Balaban J connectivity index is 1.42. The number of imide groups is 1. The van der Waals surface area contributed by atoms with E-state index in [1.807, 2.05) is 36.4 Å². The summed E-state index contributed by atoms with van der Waals surface area (Å²) >= 11 is 0. The molecule has 0 saturated carbocycles. The van der Waals surface area contributed by atoms with Gasteiger partial charge in [-0.25, -0.2) is 0 Å². The molecule has 0 bridgehead atoms. The number of hydrogen-bond acceptors (Lipinski definition) is 6. The molecule has 4 atom stereocenters. The van der Waals surface area contributed by atoms with Crippen LogP contribution in [0.1, 0.15) is 36.8 Å². The maximum atomic E-state index is 13.4. The summed E-state index contributed by atoms with van der Waals surface area (Å²) in [6.45, 7) is 1.94. The Morgan fingerprint density at radius 1 is 1.00 bits per heavy atom. The molecule has 3 aliphatic carbocycles. The molecule has 7 heteroatoms. The fraction of sp³-hybridized carbons (Fsp3) is 0.267. The number of amides is 2. The molecule has 2 N–H and O–H groups in total. The molecular formula is C30H25NO6. The Hall–Kier alpha value is -4.26. The Morgan fingerprint density at radius 3 is 2.54 bits per heavy atom. The van der Waals surface area contributed by atoms with E-state index in [9.17, 15) is 24.3 Å². The Labute approximate surface area is 213 Å². The quantitative estimate of drug-likeness (QED) is 0.380. The van der Waals surface area contributed by atoms with Crippen LogP contribution in [0.15, 0.2) is 83.0 Å². The van der Waals surface area contributed by atoms with Crippen molar-refractivity contribution in [3.63, 3.8) is 0 Å². The van der Waals surface area contributed by atoms with E-state index in [1.165, 1.54) is 12.1 Å². The number of benzene rings is 2. The molecule has 1 fully saturated rings. The molecule has 7 nitrogen and oxygen atoms in total. The third-order valence-corrected chi connectivity index (χ3v) is 7.97. The van der Waals surface area contributed by atoms with Gasteiger partial charge in [0.1, 0.15) is 18.1 Å². The van der Waals surface area contributed by atoms with Gasteiger partial charge in [-0.05, 0) is 43.4 Å². The van der Waals surface area contributed by atoms with Crippen molar-refractivity contribution >= 4 is 23.4 Å². The molecule has 2 aromatic rings. The summed E-state index contributed by atoms with van der Waals surface area (Å²) in [6.07, 6.45) is 3.84. The first-order valence-corrected chi connectivity index (χ1v) is 12.4. The average molecular weight is 496 g/mol. The summed E-state index contributed by atoms with van der Waals surface area (Å²) in [6, 6.07) is 14.6. The van der Waals surface area contributed by atoms with E-state index >= 15 is 0 Å². The van der Waals surface area contributed by atoms with Gasteiger partial charge in [-0.15, -0.1) is 0 Å². The van der Waals surface area contributed by atoms with Gasteiger partial charge in [0, 0.05) is 34.3 Å². The first kappa shape index (κ1) is 23.2. The molecule has 1 aliphatic heterocycles. The van der Waals surface area contributed by atoms with Gasteiger partial charge < -0.3 is 9.84 Å². The van der Waals surface area contributed by atoms with Crippen LogP contribution >= 0.6 is 0 Å². The number of phenolic OH excluding ortho intramolecular Hbond substituents is 1. The van der Waals surface area contributed by atoms with Gasteiger partial charge in [0.25, 0.3) is 0 Å². The predicted molar refractivity (Wildman–Crippen MR) is 133 cm³/mol. The highest BCUT2D eigenvalue weighted by atomic mass is 16.5. The third-order valence-electron chi connectivity index (χ3n) is 7.97. The average Bonchev–Trinajstić information content (AvgIpc) is 3.19. The zero-order chi connectivity index (χ0) is 25.8. The van der Waals surface area contributed by atoms with Crippen molar-refractivity contribution in [2.45, 2.75) is 32.3 Å². The number of hydrogen-bond donors (Lipinski definition) is 2. The summed E-state index contributed by atoms with van der Waals surface area (Å²) in [5, 5.41) is 13.6. The number of phenols is 1. The van der Waals surface area contributed by atoms with Crippen molar-refractivity contribution in [1.29, 1.82) is 0 Å². The van der Waals surface area contributed by atoms with Gasteiger partial charge in [0.2, 0.25) is 11.8 Å². The second-order valence-corrected chi connectivity index (χ2v) is 10.1. The highest BCUT2D eigenvalue weighted by molar-refractivity contribution is 6.23. The van der Waals surface area contributed by atoms with Gasteiger partial charge in [-0.3, -0.25) is 24.5 Å². The molecule has 0 unspecified atom stereocenters. The number of allylic oxidation sites excluding steroid dienone is 6. The van der Waals surface area contributed by atoms with E-state index in [0.717, 1.165) is 11.1 Å². The Morgan fingerprint density at radius 2 is 1.78 bits per heavy atom. The van der Waals surface area contributed by atoms with Crippen LogP contribution in [-0.4, -0.2) is 28.5 Å². The van der Waals surface area contributed by atoms with Crippen molar-refractivity contribution < 1.29 is 29.0 Å². The number of carbonyl (C=O) groups excluding carboxylic acids is 4. The lowest BCUT2D eigenvalue weighted by atomic mass is 9.59. The standard InChI is InChI=1S/C30H25NO6/c1-15-11-23(32)22-13-21-18(9-10-20-26(21)30(36)31-29(20)35)25(27(22)28(15)34)19-8-7-17(12-24(19)33)37-14-16-5-3-2-4-6-16/h2-9,11-12,20-21,25-26,33H,10,13-14H2,1H3,(H,31,35,36)/t20-,21+,25+,26-/m0/s1. The Kier molecular flexibility index (Phi) is 5.44. The molecule has 1 heterocycles. The number of ketones is 2. The number of aromatic hydroxyl groups is 1. The van der Waals surface area contributed by atoms with Crippen LogP contribution in [0.3, 0.4) is 0 Å². The maximum Gasteiger partial charge on any atom is 0.231 e. The highest BCUT2D eigenvalue weighted by Gasteiger charge is 2.53. The van der Waals surface area contributed by atoms with E-state index in [-0.39, 0.29) is 35.6 Å². The molecule has 2 aromatic carbocycles. The van der Waals surface area contributed by atoms with Crippen molar-refractivity contribution in [2.75, 3.05) is 0 Å². The summed E-state index contributed by atoms with van der Waals surface area (Å²) in [5.74, 6) is -2.94. The van der Waals surface area contributed by atoms with Crippen LogP contribution in [0.25, 0.3) is 0 Å². The van der Waals surface area contributed by atoms with Crippen molar-refractivity contribution in [1.82, 2.24) is 5.32 Å². The predicted octanol–water partition coefficient (Wildman–Crippen LogP) is 3.69. The second kappa shape index (κ2) is 8.69. The van der Waals surface area contributed by atoms with E-state index in [0.29, 0.717) is 41.1 Å². The first-order chi connectivity index (χ1) is 17.8. The minimum absolute atomic E-state index is 0.0644. The molecule has 1 saturated heterocycles. The Bertz CT molecular complexity index is 1460. The fourth-order valence-corrected chi connectivity index (χ4v) is 6.23. The zero-order valence-corrected chi connectivity index (χ0v) is 20.2. The summed E-state index contributed by atoms with van der Waals surface area (Å²) < 4.78 is 5.86. The zero-order valence-electron chi connectivity index (χ0n) is 20.2. The number of carbonyl (C=O) groups is 4. The van der Waals surface area contributed by atoms with Crippen LogP contribution < -0.4 is 10.1 Å². The highest BCUT2D eigenvalue weighted by Crippen LogP contribution is 2.55. The summed E-state index contributed by atoms with van der Waals surface area (Å²) in [7, 11) is 0. The molecule has 0 aromatic heterocycles. The van der Waals surface area contributed by atoms with Gasteiger partial charge >= 0.3 is 0 Å². The number of rotatable bonds is 4. The van der Waals surface area contributed by atoms with Crippen LogP contribution in [0.4, 0.5) is 0 Å². The van der Waals surface area contributed by atoms with Gasteiger partial charge in [0.15, 0.2) is 11.6 Å². The summed E-state index contributed by atoms with van der Waals surface area (Å²) in [5.41, 5.74) is 3.31. The van der Waals surface area contributed by atoms with Crippen molar-refractivity contribution in [3.8, 4) is 11.5 Å². The smallest absolute Gasteiger partial charge is 0.231 e. The SMILES string of the molecule is CC1=CC(=O)C2=C(C1=O)[C@@H](c1ccc(OCc3ccccc3)cc1O)C1=CC[C@@H]3C(=O)NC(=O)[C@@H]3[C@@H]1C2.